The summed E-state index contributed by atoms with van der Waals surface area (Å²) < 4.78 is 40.1. The maximum absolute atomic E-state index is 13.0. The molecule has 0 fully saturated rings. The first kappa shape index (κ1) is 13.6. The van der Waals surface area contributed by atoms with Crippen molar-refractivity contribution in [2.75, 3.05) is 5.32 Å². The van der Waals surface area contributed by atoms with E-state index >= 15 is 0 Å². The fraction of sp³-hybridized carbons (Fsp3) is 0.0833. The first-order valence-corrected chi connectivity index (χ1v) is 5.32. The Kier molecular flexibility index (Phi) is 3.43. The van der Waals surface area contributed by atoms with E-state index in [4.69, 9.17) is 5.26 Å². The van der Waals surface area contributed by atoms with E-state index in [-0.39, 0.29) is 11.4 Å². The lowest BCUT2D eigenvalue weighted by Gasteiger charge is -2.06. The first-order chi connectivity index (χ1) is 9.43. The third kappa shape index (κ3) is 2.33. The molecule has 20 heavy (non-hydrogen) atoms. The molecule has 0 radical (unpaired) electrons. The van der Waals surface area contributed by atoms with Gasteiger partial charge in [-0.25, -0.2) is 13.2 Å². The van der Waals surface area contributed by atoms with Gasteiger partial charge in [0, 0.05) is 12.6 Å². The van der Waals surface area contributed by atoms with E-state index in [0.717, 1.165) is 0 Å². The molecule has 5 nitrogen and oxygen atoms in total. The average Bonchev–Trinajstić information content (AvgIpc) is 2.76. The van der Waals surface area contributed by atoms with Crippen LogP contribution in [0.15, 0.2) is 18.3 Å². The van der Waals surface area contributed by atoms with Gasteiger partial charge in [-0.15, -0.1) is 0 Å². The maximum atomic E-state index is 13.0. The van der Waals surface area contributed by atoms with E-state index in [2.05, 4.69) is 10.4 Å². The monoisotopic (exact) mass is 280 g/mol. The van der Waals surface area contributed by atoms with Gasteiger partial charge in [0.2, 0.25) is 0 Å². The van der Waals surface area contributed by atoms with Gasteiger partial charge in [0.25, 0.3) is 5.91 Å². The number of aryl methyl sites for hydroxylation is 1. The number of nitrogens with one attached hydrogen (secondary N) is 1. The molecule has 8 heteroatoms. The third-order valence-corrected chi connectivity index (χ3v) is 2.54. The highest BCUT2D eigenvalue weighted by molar-refractivity contribution is 6.04. The molecule has 1 N–H and O–H groups in total. The van der Waals surface area contributed by atoms with Crippen LogP contribution in [0.1, 0.15) is 15.9 Å². The number of nitriles is 1. The van der Waals surface area contributed by atoms with Gasteiger partial charge in [0.15, 0.2) is 17.5 Å². The third-order valence-electron chi connectivity index (χ3n) is 2.54. The van der Waals surface area contributed by atoms with Crippen molar-refractivity contribution in [1.29, 1.82) is 5.26 Å². The Balaban J connectivity index is 2.34. The van der Waals surface area contributed by atoms with E-state index in [0.29, 0.717) is 12.1 Å². The van der Waals surface area contributed by atoms with Gasteiger partial charge in [0.05, 0.1) is 6.20 Å². The Hall–Kier alpha value is -2.82. The predicted octanol–water partition coefficient (Wildman–Crippen LogP) is 1.96. The zero-order valence-corrected chi connectivity index (χ0v) is 10.1. The van der Waals surface area contributed by atoms with Crippen LogP contribution in [0.25, 0.3) is 0 Å². The summed E-state index contributed by atoms with van der Waals surface area (Å²) in [5.41, 5.74) is -0.324. The molecule has 0 saturated heterocycles. The number of anilines is 1. The van der Waals surface area contributed by atoms with Crippen molar-refractivity contribution in [3.8, 4) is 6.07 Å². The number of hydrogen-bond donors (Lipinski definition) is 1. The Morgan fingerprint density at radius 2 is 1.95 bits per heavy atom. The Morgan fingerprint density at radius 3 is 2.50 bits per heavy atom. The number of carbonyl (C=O) groups is 1. The van der Waals surface area contributed by atoms with E-state index in [1.165, 1.54) is 17.9 Å². The Morgan fingerprint density at radius 1 is 1.35 bits per heavy atom. The topological polar surface area (TPSA) is 70.7 Å². The summed E-state index contributed by atoms with van der Waals surface area (Å²) in [7, 11) is 1.47. The highest BCUT2D eigenvalue weighted by Crippen LogP contribution is 2.17. The summed E-state index contributed by atoms with van der Waals surface area (Å²) in [6.45, 7) is 0. The van der Waals surface area contributed by atoms with Gasteiger partial charge in [-0.1, -0.05) is 0 Å². The van der Waals surface area contributed by atoms with Gasteiger partial charge in [-0.3, -0.25) is 9.48 Å². The van der Waals surface area contributed by atoms with E-state index in [1.54, 1.807) is 6.07 Å². The van der Waals surface area contributed by atoms with Crippen molar-refractivity contribution < 1.29 is 18.0 Å². The molecule has 0 aliphatic rings. The smallest absolute Gasteiger partial charge is 0.257 e. The molecule has 0 unspecified atom stereocenters. The molecule has 1 heterocycles. The predicted molar refractivity (Wildman–Crippen MR) is 62.2 cm³/mol. The molecule has 1 aromatic heterocycles. The van der Waals surface area contributed by atoms with Crippen molar-refractivity contribution in [2.24, 2.45) is 7.05 Å². The van der Waals surface area contributed by atoms with Crippen molar-refractivity contribution in [1.82, 2.24) is 9.78 Å². The van der Waals surface area contributed by atoms with Crippen LogP contribution in [0, 0.1) is 28.8 Å². The zero-order valence-electron chi connectivity index (χ0n) is 10.1. The van der Waals surface area contributed by atoms with Crippen molar-refractivity contribution >= 4 is 11.7 Å². The van der Waals surface area contributed by atoms with Crippen LogP contribution in [0.5, 0.6) is 0 Å². The summed E-state index contributed by atoms with van der Waals surface area (Å²) in [6, 6.07) is 2.93. The molecule has 0 atom stereocenters. The van der Waals surface area contributed by atoms with Crippen LogP contribution in [0.2, 0.25) is 0 Å². The van der Waals surface area contributed by atoms with Gasteiger partial charge in [-0.05, 0) is 12.1 Å². The summed E-state index contributed by atoms with van der Waals surface area (Å²) in [6.07, 6.45) is 1.22. The Bertz CT molecular complexity index is 710. The highest BCUT2D eigenvalue weighted by Gasteiger charge is 2.17. The van der Waals surface area contributed by atoms with Crippen LogP contribution < -0.4 is 5.32 Å². The molecule has 0 aliphatic carbocycles. The molecule has 2 rings (SSSR count). The SMILES string of the molecule is Cn1ncc(C#N)c1NC(=O)c1cc(F)c(F)c(F)c1. The van der Waals surface area contributed by atoms with E-state index in [9.17, 15) is 18.0 Å². The Labute approximate surface area is 111 Å². The standard InChI is InChI=1S/C12H7F3N4O/c1-19-11(7(4-16)5-17-19)18-12(20)6-2-8(13)10(15)9(14)3-6/h2-3,5H,1H3,(H,18,20). The molecule has 102 valence electrons. The van der Waals surface area contributed by atoms with Crippen molar-refractivity contribution in [3.63, 3.8) is 0 Å². The van der Waals surface area contributed by atoms with Gasteiger partial charge < -0.3 is 5.32 Å². The molecule has 0 bridgehead atoms. The fourth-order valence-electron chi connectivity index (χ4n) is 1.53. The van der Waals surface area contributed by atoms with Crippen molar-refractivity contribution in [2.45, 2.75) is 0 Å². The van der Waals surface area contributed by atoms with Gasteiger partial charge >= 0.3 is 0 Å². The van der Waals surface area contributed by atoms with Gasteiger partial charge in [0.1, 0.15) is 17.5 Å². The second kappa shape index (κ2) is 5.05. The second-order valence-electron chi connectivity index (χ2n) is 3.85. The minimum atomic E-state index is -1.65. The van der Waals surface area contributed by atoms with Gasteiger partial charge in [-0.2, -0.15) is 10.4 Å². The number of amides is 1. The summed E-state index contributed by atoms with van der Waals surface area (Å²) in [5.74, 6) is -5.41. The number of rotatable bonds is 2. The van der Waals surface area contributed by atoms with Crippen LogP contribution in [-0.2, 0) is 7.05 Å². The number of halogens is 3. The summed E-state index contributed by atoms with van der Waals surface area (Å²) in [5, 5.41) is 14.9. The number of hydrogen-bond acceptors (Lipinski definition) is 3. The number of carbonyl (C=O) groups excluding carboxylic acids is 1. The van der Waals surface area contributed by atoms with Crippen LogP contribution >= 0.6 is 0 Å². The lowest BCUT2D eigenvalue weighted by atomic mass is 10.2. The molecular formula is C12H7F3N4O. The molecule has 1 aromatic carbocycles. The largest absolute Gasteiger partial charge is 0.306 e. The zero-order chi connectivity index (χ0) is 14.9. The lowest BCUT2D eigenvalue weighted by Crippen LogP contribution is -2.16. The quantitative estimate of drug-likeness (QED) is 0.855. The van der Waals surface area contributed by atoms with Crippen LogP contribution in [0.4, 0.5) is 19.0 Å². The van der Waals surface area contributed by atoms with Crippen molar-refractivity contribution in [3.05, 3.63) is 46.9 Å². The van der Waals surface area contributed by atoms with E-state index in [1.807, 2.05) is 0 Å². The maximum Gasteiger partial charge on any atom is 0.257 e. The molecule has 0 spiro atoms. The average molecular weight is 280 g/mol. The number of benzene rings is 1. The number of nitrogens with zero attached hydrogens (tertiary/aromatic N) is 3. The molecule has 0 saturated carbocycles. The second-order valence-corrected chi connectivity index (χ2v) is 3.85. The fourth-order valence-corrected chi connectivity index (χ4v) is 1.53. The normalized spacial score (nSPS) is 10.2. The summed E-state index contributed by atoms with van der Waals surface area (Å²) in [4.78, 5) is 11.8. The molecule has 0 aliphatic heterocycles. The first-order valence-electron chi connectivity index (χ1n) is 5.32. The number of aromatic nitrogens is 2. The minimum Gasteiger partial charge on any atom is -0.306 e. The molecular weight excluding hydrogens is 273 g/mol. The van der Waals surface area contributed by atoms with Crippen LogP contribution in [-0.4, -0.2) is 15.7 Å². The summed E-state index contributed by atoms with van der Waals surface area (Å²) >= 11 is 0. The lowest BCUT2D eigenvalue weighted by molar-refractivity contribution is 0.102. The van der Waals surface area contributed by atoms with Crippen LogP contribution in [0.3, 0.4) is 0 Å². The molecule has 2 aromatic rings. The minimum absolute atomic E-state index is 0.0719. The molecule has 1 amide bonds. The van der Waals surface area contributed by atoms with E-state index < -0.39 is 28.9 Å². The highest BCUT2D eigenvalue weighted by atomic mass is 19.2.